The molecule has 5 amide bonds. The van der Waals surface area contributed by atoms with E-state index in [1.54, 1.807) is 69.5 Å². The van der Waals surface area contributed by atoms with Crippen molar-refractivity contribution in [1.29, 1.82) is 0 Å². The molecule has 3 atom stereocenters. The van der Waals surface area contributed by atoms with E-state index in [0.717, 1.165) is 44.6 Å². The molecule has 1 aliphatic heterocycles. The van der Waals surface area contributed by atoms with Gasteiger partial charge in [-0.3, -0.25) is 33.2 Å². The van der Waals surface area contributed by atoms with Crippen LogP contribution < -0.4 is 16.0 Å². The van der Waals surface area contributed by atoms with Gasteiger partial charge in [-0.2, -0.15) is 18.3 Å². The number of carbonyl (C=O) groups is 5. The molecule has 0 bridgehead atoms. The number of likely N-dealkylation sites (N-methyl/N-ethyl adjacent to an activating group) is 1. The molecule has 17 nitrogen and oxygen atoms in total. The van der Waals surface area contributed by atoms with Crippen LogP contribution in [0.3, 0.4) is 0 Å². The Bertz CT molecular complexity index is 2950. The Balaban J connectivity index is 0.749. The second kappa shape index (κ2) is 24.8. The number of amides is 5. The first-order chi connectivity index (χ1) is 35.7. The molecule has 0 radical (unpaired) electrons. The van der Waals surface area contributed by atoms with Crippen LogP contribution in [0.2, 0.25) is 0 Å². The fourth-order valence-corrected chi connectivity index (χ4v) is 9.84. The number of carbonyl (C=O) groups excluding carboxylic acids is 5. The smallest absolute Gasteiger partial charge is 0.391 e. The van der Waals surface area contributed by atoms with Crippen LogP contribution in [0.25, 0.3) is 38.1 Å². The molecule has 1 aliphatic rings. The van der Waals surface area contributed by atoms with Gasteiger partial charge in [-0.1, -0.05) is 51.5 Å². The molecule has 0 spiro atoms. The summed E-state index contributed by atoms with van der Waals surface area (Å²) in [5.41, 5.74) is 5.39. The number of rotatable bonds is 23. The summed E-state index contributed by atoms with van der Waals surface area (Å²) in [6.45, 7) is 9.42. The molecule has 6 aromatic rings. The molecule has 4 N–H and O–H groups in total. The summed E-state index contributed by atoms with van der Waals surface area (Å²) in [5.74, 6) is -1.49. The number of thiazole rings is 1. The van der Waals surface area contributed by atoms with Gasteiger partial charge in [0, 0.05) is 87.8 Å². The number of hydrogen-bond donors (Lipinski definition) is 4. The van der Waals surface area contributed by atoms with Crippen molar-refractivity contribution in [2.24, 2.45) is 12.5 Å². The van der Waals surface area contributed by atoms with Gasteiger partial charge in [-0.05, 0) is 78.8 Å². The number of halogens is 3. The average molecular weight is 1060 g/mol. The van der Waals surface area contributed by atoms with Crippen molar-refractivity contribution in [2.75, 3.05) is 53.1 Å². The SMILES string of the molecule is Cc1ncsc1-c1ccc(CNC(=O)[C@@H]2C[C@@H](O)CN2C(=O)C(NC(=O)CCCCCC(=O)N(C)CCOCCOCCNC(=O)c2ccc3c(c2)c2cn(C)nc2n3-c2ccc(C(F)(F)F)cc2)C(C)(C)C)cc1. The zero-order chi connectivity index (χ0) is 54.0. The van der Waals surface area contributed by atoms with Gasteiger partial charge in [0.25, 0.3) is 5.91 Å². The van der Waals surface area contributed by atoms with Crippen molar-refractivity contribution in [3.8, 4) is 16.1 Å². The monoisotopic (exact) mass is 1060 g/mol. The van der Waals surface area contributed by atoms with E-state index in [1.165, 1.54) is 17.0 Å². The zero-order valence-electron chi connectivity index (χ0n) is 43.2. The predicted octanol–water partition coefficient (Wildman–Crippen LogP) is 6.95. The average Bonchev–Trinajstić information content (AvgIpc) is 4.16. The Morgan fingerprint density at radius 3 is 2.28 bits per heavy atom. The van der Waals surface area contributed by atoms with Gasteiger partial charge in [-0.15, -0.1) is 11.3 Å². The molecular weight excluding hydrogens is 992 g/mol. The predicted molar refractivity (Wildman–Crippen MR) is 279 cm³/mol. The number of hydrogen-bond acceptors (Lipinski definition) is 11. The second-order valence-electron chi connectivity index (χ2n) is 20.0. The van der Waals surface area contributed by atoms with Gasteiger partial charge in [-0.25, -0.2) is 4.98 Å². The minimum atomic E-state index is -4.46. The topological polar surface area (TPSA) is 202 Å². The van der Waals surface area contributed by atoms with Crippen LogP contribution in [0.5, 0.6) is 0 Å². The highest BCUT2D eigenvalue weighted by Crippen LogP contribution is 2.35. The Morgan fingerprint density at radius 2 is 1.60 bits per heavy atom. The molecule has 4 heterocycles. The van der Waals surface area contributed by atoms with E-state index in [2.05, 4.69) is 26.0 Å². The fraction of sp³-hybridized carbons (Fsp3) is 0.463. The molecule has 75 heavy (non-hydrogen) atoms. The maximum absolute atomic E-state index is 14.0. The standard InChI is InChI=1S/C54H66F3N9O8S/c1-34-47(75-33-60-34)36-14-12-35(13-15-36)30-59-51(71)44-29-40(67)31-65(44)52(72)48(53(2,3)4)61-45(68)10-8-7-9-11-46(69)63(5)23-25-74-27-26-73-24-22-58-50(70)37-16-21-43-41(28-37)42-32-64(6)62-49(42)66(43)39-19-17-38(18-20-39)54(55,56)57/h12-21,28,32-33,40,44,48,67H,7-11,22-27,29-31H2,1-6H3,(H,58,70)(H,59,71)(H,61,68)/t40-,44+,48?/m1/s1. The number of benzene rings is 3. The maximum Gasteiger partial charge on any atom is 0.416 e. The highest BCUT2D eigenvalue weighted by Gasteiger charge is 2.44. The van der Waals surface area contributed by atoms with Crippen molar-refractivity contribution in [2.45, 2.75) is 97.1 Å². The van der Waals surface area contributed by atoms with Crippen LogP contribution in [-0.4, -0.2) is 135 Å². The summed E-state index contributed by atoms with van der Waals surface area (Å²) in [7, 11) is 3.45. The number of unbranched alkanes of at least 4 members (excludes halogenated alkanes) is 2. The van der Waals surface area contributed by atoms with Crippen molar-refractivity contribution >= 4 is 62.8 Å². The van der Waals surface area contributed by atoms with E-state index in [0.29, 0.717) is 61.2 Å². The molecule has 0 aliphatic carbocycles. The third-order valence-electron chi connectivity index (χ3n) is 13.2. The summed E-state index contributed by atoms with van der Waals surface area (Å²) >= 11 is 1.56. The number of nitrogens with one attached hydrogen (secondary N) is 3. The first kappa shape index (κ1) is 56.1. The van der Waals surface area contributed by atoms with Crippen molar-refractivity contribution in [1.82, 2.24) is 45.1 Å². The van der Waals surface area contributed by atoms with Gasteiger partial charge >= 0.3 is 6.18 Å². The largest absolute Gasteiger partial charge is 0.416 e. The lowest BCUT2D eigenvalue weighted by Crippen LogP contribution is -2.57. The van der Waals surface area contributed by atoms with Crippen LogP contribution in [0.1, 0.15) is 86.5 Å². The number of aliphatic hydroxyl groups excluding tert-OH is 1. The molecule has 3 aromatic heterocycles. The molecule has 1 fully saturated rings. The lowest BCUT2D eigenvalue weighted by atomic mass is 9.85. The highest BCUT2D eigenvalue weighted by atomic mass is 32.1. The molecule has 21 heteroatoms. The van der Waals surface area contributed by atoms with Gasteiger partial charge in [0.2, 0.25) is 23.6 Å². The number of fused-ring (bicyclic) bond motifs is 3. The Labute approximate surface area is 437 Å². The lowest BCUT2D eigenvalue weighted by molar-refractivity contribution is -0.144. The molecule has 402 valence electrons. The molecule has 0 saturated carbocycles. The minimum Gasteiger partial charge on any atom is -0.391 e. The van der Waals surface area contributed by atoms with Gasteiger partial charge in [0.05, 0.1) is 59.7 Å². The summed E-state index contributed by atoms with van der Waals surface area (Å²) in [5, 5.41) is 25.2. The lowest BCUT2D eigenvalue weighted by Gasteiger charge is -2.35. The molecule has 1 saturated heterocycles. The maximum atomic E-state index is 14.0. The zero-order valence-corrected chi connectivity index (χ0v) is 44.0. The number of aliphatic hydroxyl groups is 1. The van der Waals surface area contributed by atoms with E-state index < -0.39 is 41.2 Å². The van der Waals surface area contributed by atoms with Crippen LogP contribution in [-0.2, 0) is 48.4 Å². The number of ether oxygens (including phenoxy) is 2. The van der Waals surface area contributed by atoms with E-state index in [1.807, 2.05) is 52.0 Å². The van der Waals surface area contributed by atoms with E-state index in [9.17, 15) is 42.3 Å². The van der Waals surface area contributed by atoms with E-state index >= 15 is 0 Å². The number of likely N-dealkylation sites (tertiary alicyclic amines) is 1. The van der Waals surface area contributed by atoms with E-state index in [4.69, 9.17) is 9.47 Å². The second-order valence-corrected chi connectivity index (χ2v) is 20.8. The van der Waals surface area contributed by atoms with Crippen molar-refractivity contribution < 1.29 is 51.7 Å². The number of alkyl halides is 3. The van der Waals surface area contributed by atoms with Crippen molar-refractivity contribution in [3.05, 3.63) is 101 Å². The Hall–Kier alpha value is -6.68. The molecular formula is C54H66F3N9O8S. The van der Waals surface area contributed by atoms with E-state index in [-0.39, 0.29) is 75.9 Å². The fourth-order valence-electron chi connectivity index (χ4n) is 9.02. The minimum absolute atomic E-state index is 0.0197. The summed E-state index contributed by atoms with van der Waals surface area (Å²) < 4.78 is 54.3. The first-order valence-electron chi connectivity index (χ1n) is 25.1. The van der Waals surface area contributed by atoms with Gasteiger partial charge < -0.3 is 40.3 Å². The number of nitrogens with zero attached hydrogens (tertiary/aromatic N) is 6. The third-order valence-corrected chi connectivity index (χ3v) is 14.1. The van der Waals surface area contributed by atoms with Crippen LogP contribution in [0.4, 0.5) is 13.2 Å². The van der Waals surface area contributed by atoms with Crippen molar-refractivity contribution in [3.63, 3.8) is 0 Å². The number of aromatic nitrogens is 4. The molecule has 1 unspecified atom stereocenters. The van der Waals surface area contributed by atoms with Gasteiger partial charge in [0.15, 0.2) is 5.65 Å². The normalized spacial score (nSPS) is 15.4. The first-order valence-corrected chi connectivity index (χ1v) is 26.0. The van der Waals surface area contributed by atoms with Crippen LogP contribution in [0, 0.1) is 12.3 Å². The van der Waals surface area contributed by atoms with Crippen LogP contribution >= 0.6 is 11.3 Å². The summed E-state index contributed by atoms with van der Waals surface area (Å²) in [6, 6.07) is 16.0. The summed E-state index contributed by atoms with van der Waals surface area (Å²) in [4.78, 5) is 74.9. The highest BCUT2D eigenvalue weighted by molar-refractivity contribution is 7.13. The number of aryl methyl sites for hydroxylation is 2. The Morgan fingerprint density at radius 1 is 0.893 bits per heavy atom. The molecule has 3 aromatic carbocycles. The quantitative estimate of drug-likeness (QED) is 0.0487. The number of β-amino-alcohol motifs (C(OH)–C–C–N with tert-alkyl or cyclic N) is 1. The Kier molecular flexibility index (Phi) is 18.5. The van der Waals surface area contributed by atoms with Crippen LogP contribution in [0.15, 0.2) is 78.4 Å². The van der Waals surface area contributed by atoms with Gasteiger partial charge in [0.1, 0.15) is 12.1 Å². The third kappa shape index (κ3) is 14.4. The molecule has 7 rings (SSSR count). The summed E-state index contributed by atoms with van der Waals surface area (Å²) in [6.07, 6.45) is -1.29.